The lowest BCUT2D eigenvalue weighted by atomic mass is 10.2. The first-order valence-corrected chi connectivity index (χ1v) is 6.16. The van der Waals surface area contributed by atoms with Crippen LogP contribution >= 0.6 is 11.8 Å². The molecule has 0 atom stereocenters. The Morgan fingerprint density at radius 2 is 1.74 bits per heavy atom. The molecule has 2 aromatic rings. The molecular formula is C14H9NO3S. The number of carboxylic acids is 1. The minimum absolute atomic E-state index is 0.121. The van der Waals surface area contributed by atoms with Crippen LogP contribution in [0, 0.1) is 11.3 Å². The third-order valence-corrected chi connectivity index (χ3v) is 3.42. The summed E-state index contributed by atoms with van der Waals surface area (Å²) >= 11 is 1.38. The molecule has 0 unspecified atom stereocenters. The number of hydrogen-bond donors (Lipinski definition) is 2. The Morgan fingerprint density at radius 3 is 2.26 bits per heavy atom. The summed E-state index contributed by atoms with van der Waals surface area (Å²) in [6, 6.07) is 13.4. The van der Waals surface area contributed by atoms with Gasteiger partial charge in [0.1, 0.15) is 11.3 Å². The quantitative estimate of drug-likeness (QED) is 0.896. The van der Waals surface area contributed by atoms with Gasteiger partial charge in [-0.05, 0) is 42.5 Å². The van der Waals surface area contributed by atoms with Crippen molar-refractivity contribution in [2.24, 2.45) is 0 Å². The average Bonchev–Trinajstić information content (AvgIpc) is 2.39. The predicted octanol–water partition coefficient (Wildman–Crippen LogP) is 3.11. The van der Waals surface area contributed by atoms with Gasteiger partial charge in [-0.3, -0.25) is 0 Å². The minimum atomic E-state index is -1.16. The number of benzene rings is 2. The molecule has 19 heavy (non-hydrogen) atoms. The highest BCUT2D eigenvalue weighted by Crippen LogP contribution is 2.31. The number of aromatic carboxylic acids is 1. The van der Waals surface area contributed by atoms with Crippen LogP contribution in [0.15, 0.2) is 52.3 Å². The summed E-state index contributed by atoms with van der Waals surface area (Å²) in [5.74, 6) is -1.42. The number of carbonyl (C=O) groups is 1. The Labute approximate surface area is 113 Å². The number of nitriles is 1. The third-order valence-electron chi connectivity index (χ3n) is 2.42. The monoisotopic (exact) mass is 271 g/mol. The van der Waals surface area contributed by atoms with Crippen molar-refractivity contribution in [2.45, 2.75) is 9.79 Å². The molecule has 0 aliphatic rings. The number of carboxylic acid groups (broad SMARTS) is 1. The molecular weight excluding hydrogens is 262 g/mol. The van der Waals surface area contributed by atoms with Gasteiger partial charge in [0.2, 0.25) is 0 Å². The van der Waals surface area contributed by atoms with E-state index in [1.807, 2.05) is 6.07 Å². The summed E-state index contributed by atoms with van der Waals surface area (Å²) < 4.78 is 0. The fraction of sp³-hybridized carbons (Fsp3) is 0. The van der Waals surface area contributed by atoms with E-state index in [2.05, 4.69) is 0 Å². The highest BCUT2D eigenvalue weighted by atomic mass is 32.2. The predicted molar refractivity (Wildman–Crippen MR) is 70.3 cm³/mol. The molecule has 0 spiro atoms. The molecule has 2 aromatic carbocycles. The highest BCUT2D eigenvalue weighted by Gasteiger charge is 2.10. The molecule has 0 radical (unpaired) electrons. The van der Waals surface area contributed by atoms with Crippen molar-refractivity contribution >= 4 is 17.7 Å². The molecule has 0 saturated carbocycles. The molecule has 4 nitrogen and oxygen atoms in total. The second-order valence-electron chi connectivity index (χ2n) is 3.72. The Morgan fingerprint density at radius 1 is 1.11 bits per heavy atom. The smallest absolute Gasteiger partial charge is 0.339 e. The zero-order chi connectivity index (χ0) is 13.8. The van der Waals surface area contributed by atoms with Crippen LogP contribution in [0.5, 0.6) is 5.75 Å². The fourth-order valence-electron chi connectivity index (χ4n) is 1.49. The number of rotatable bonds is 3. The van der Waals surface area contributed by atoms with Crippen LogP contribution in [-0.4, -0.2) is 16.2 Å². The van der Waals surface area contributed by atoms with Crippen LogP contribution in [0.3, 0.4) is 0 Å². The van der Waals surface area contributed by atoms with E-state index in [1.165, 1.54) is 23.9 Å². The summed E-state index contributed by atoms with van der Waals surface area (Å²) in [6.45, 7) is 0. The van der Waals surface area contributed by atoms with Crippen molar-refractivity contribution in [3.8, 4) is 11.8 Å². The van der Waals surface area contributed by atoms with Crippen molar-refractivity contribution in [3.63, 3.8) is 0 Å². The Bertz CT molecular complexity index is 659. The van der Waals surface area contributed by atoms with Gasteiger partial charge in [-0.25, -0.2) is 4.79 Å². The fourth-order valence-corrected chi connectivity index (χ4v) is 2.34. The summed E-state index contributed by atoms with van der Waals surface area (Å²) in [6.07, 6.45) is 0. The zero-order valence-corrected chi connectivity index (χ0v) is 10.5. The first-order chi connectivity index (χ1) is 9.10. The molecule has 0 heterocycles. The minimum Gasteiger partial charge on any atom is -0.507 e. The number of nitrogens with zero attached hydrogens (tertiary/aromatic N) is 1. The first-order valence-electron chi connectivity index (χ1n) is 5.34. The van der Waals surface area contributed by atoms with Crippen molar-refractivity contribution < 1.29 is 15.0 Å². The van der Waals surface area contributed by atoms with Gasteiger partial charge in [0.25, 0.3) is 0 Å². The molecule has 2 rings (SSSR count). The molecule has 2 N–H and O–H groups in total. The number of phenols is 1. The van der Waals surface area contributed by atoms with Gasteiger partial charge < -0.3 is 10.2 Å². The zero-order valence-electron chi connectivity index (χ0n) is 9.70. The maximum absolute atomic E-state index is 10.8. The standard InChI is InChI=1S/C14H9NO3S/c15-8-9-1-3-10(4-2-9)19-11-5-6-12(14(17)18)13(16)7-11/h1-7,16H,(H,17,18). The van der Waals surface area contributed by atoms with Gasteiger partial charge >= 0.3 is 5.97 Å². The number of hydrogen-bond acceptors (Lipinski definition) is 4. The Kier molecular flexibility index (Phi) is 3.74. The van der Waals surface area contributed by atoms with E-state index in [0.29, 0.717) is 5.56 Å². The first kappa shape index (κ1) is 13.0. The van der Waals surface area contributed by atoms with Crippen molar-refractivity contribution in [1.29, 1.82) is 5.26 Å². The number of aromatic hydroxyl groups is 1. The van der Waals surface area contributed by atoms with Crippen LogP contribution < -0.4 is 0 Å². The van der Waals surface area contributed by atoms with Crippen molar-refractivity contribution in [2.75, 3.05) is 0 Å². The molecule has 0 saturated heterocycles. The largest absolute Gasteiger partial charge is 0.507 e. The van der Waals surface area contributed by atoms with Gasteiger partial charge in [-0.2, -0.15) is 5.26 Å². The van der Waals surface area contributed by atoms with Crippen LogP contribution in [0.25, 0.3) is 0 Å². The van der Waals surface area contributed by atoms with Crippen LogP contribution in [-0.2, 0) is 0 Å². The molecule has 0 aliphatic heterocycles. The second kappa shape index (κ2) is 5.46. The van der Waals surface area contributed by atoms with Gasteiger partial charge in [-0.15, -0.1) is 0 Å². The molecule has 5 heteroatoms. The van der Waals surface area contributed by atoms with E-state index in [4.69, 9.17) is 10.4 Å². The maximum atomic E-state index is 10.8. The Hall–Kier alpha value is -2.45. The van der Waals surface area contributed by atoms with Crippen LogP contribution in [0.1, 0.15) is 15.9 Å². The van der Waals surface area contributed by atoms with E-state index in [-0.39, 0.29) is 11.3 Å². The summed E-state index contributed by atoms with van der Waals surface area (Å²) in [5, 5.41) is 27.1. The lowest BCUT2D eigenvalue weighted by Crippen LogP contribution is -1.96. The van der Waals surface area contributed by atoms with E-state index in [9.17, 15) is 9.90 Å². The summed E-state index contributed by atoms with van der Waals surface area (Å²) in [5.41, 5.74) is 0.456. The van der Waals surface area contributed by atoms with Gasteiger partial charge in [0, 0.05) is 9.79 Å². The molecule has 0 amide bonds. The van der Waals surface area contributed by atoms with Crippen LogP contribution in [0.4, 0.5) is 0 Å². The lowest BCUT2D eigenvalue weighted by Gasteiger charge is -2.04. The molecule has 0 aliphatic carbocycles. The molecule has 94 valence electrons. The van der Waals surface area contributed by atoms with E-state index < -0.39 is 5.97 Å². The average molecular weight is 271 g/mol. The van der Waals surface area contributed by atoms with E-state index in [0.717, 1.165) is 9.79 Å². The SMILES string of the molecule is N#Cc1ccc(Sc2ccc(C(=O)O)c(O)c2)cc1. The van der Waals surface area contributed by atoms with Crippen molar-refractivity contribution in [1.82, 2.24) is 0 Å². The normalized spacial score (nSPS) is 9.84. The van der Waals surface area contributed by atoms with Crippen LogP contribution in [0.2, 0.25) is 0 Å². The second-order valence-corrected chi connectivity index (χ2v) is 4.87. The van der Waals surface area contributed by atoms with Crippen molar-refractivity contribution in [3.05, 3.63) is 53.6 Å². The highest BCUT2D eigenvalue weighted by molar-refractivity contribution is 7.99. The van der Waals surface area contributed by atoms with Gasteiger partial charge in [0.15, 0.2) is 0 Å². The van der Waals surface area contributed by atoms with Gasteiger partial charge in [-0.1, -0.05) is 11.8 Å². The molecule has 0 aromatic heterocycles. The van der Waals surface area contributed by atoms with E-state index >= 15 is 0 Å². The maximum Gasteiger partial charge on any atom is 0.339 e. The lowest BCUT2D eigenvalue weighted by molar-refractivity contribution is 0.0693. The summed E-state index contributed by atoms with van der Waals surface area (Å²) in [4.78, 5) is 12.4. The van der Waals surface area contributed by atoms with E-state index in [1.54, 1.807) is 30.3 Å². The topological polar surface area (TPSA) is 81.3 Å². The summed E-state index contributed by atoms with van der Waals surface area (Å²) in [7, 11) is 0. The van der Waals surface area contributed by atoms with Gasteiger partial charge in [0.05, 0.1) is 11.6 Å². The Balaban J connectivity index is 2.21. The molecule has 0 bridgehead atoms. The third kappa shape index (κ3) is 3.06. The molecule has 0 fully saturated rings.